The van der Waals surface area contributed by atoms with Crippen LogP contribution in [0.4, 0.5) is 0 Å². The normalized spacial score (nSPS) is 20.1. The largest absolute Gasteiger partial charge is 0.313 e. The lowest BCUT2D eigenvalue weighted by atomic mass is 10.2. The Morgan fingerprint density at radius 3 is 2.84 bits per heavy atom. The second kappa shape index (κ2) is 6.10. The van der Waals surface area contributed by atoms with Crippen LogP contribution in [-0.4, -0.2) is 38.9 Å². The van der Waals surface area contributed by atoms with Gasteiger partial charge in [0.1, 0.15) is 4.90 Å². The van der Waals surface area contributed by atoms with E-state index in [1.165, 1.54) is 10.4 Å². The molecule has 1 aliphatic heterocycles. The Balaban J connectivity index is 2.20. The zero-order chi connectivity index (χ0) is 14.0. The van der Waals surface area contributed by atoms with Crippen LogP contribution < -0.4 is 5.32 Å². The van der Waals surface area contributed by atoms with Gasteiger partial charge in [0.05, 0.1) is 5.02 Å². The molecule has 1 N–H and O–H groups in total. The van der Waals surface area contributed by atoms with Gasteiger partial charge in [0, 0.05) is 24.1 Å². The van der Waals surface area contributed by atoms with Crippen LogP contribution in [0.1, 0.15) is 12.8 Å². The van der Waals surface area contributed by atoms with E-state index in [0.717, 1.165) is 23.9 Å². The molecule has 0 saturated carbocycles. The molecule has 1 heterocycles. The molecule has 0 radical (unpaired) electrons. The van der Waals surface area contributed by atoms with Crippen LogP contribution in [0, 0.1) is 0 Å². The van der Waals surface area contributed by atoms with Crippen LogP contribution in [0.15, 0.2) is 27.6 Å². The van der Waals surface area contributed by atoms with Crippen molar-refractivity contribution in [3.8, 4) is 0 Å². The number of rotatable bonds is 4. The lowest BCUT2D eigenvalue weighted by Crippen LogP contribution is -2.38. The van der Waals surface area contributed by atoms with Gasteiger partial charge in [-0.05, 0) is 37.6 Å². The first-order chi connectivity index (χ1) is 8.91. The van der Waals surface area contributed by atoms with Crippen molar-refractivity contribution in [3.05, 3.63) is 27.7 Å². The zero-order valence-electron chi connectivity index (χ0n) is 10.6. The molecule has 1 aromatic carbocycles. The van der Waals surface area contributed by atoms with Gasteiger partial charge in [-0.25, -0.2) is 8.42 Å². The average Bonchev–Trinajstić information content (AvgIpc) is 2.81. The molecule has 1 aliphatic rings. The summed E-state index contributed by atoms with van der Waals surface area (Å²) in [7, 11) is -1.94. The summed E-state index contributed by atoms with van der Waals surface area (Å²) in [6.07, 6.45) is 2.10. The number of sulfonamides is 1. The van der Waals surface area contributed by atoms with Crippen molar-refractivity contribution in [2.45, 2.75) is 23.8 Å². The molecule has 2 rings (SSSR count). The second-order valence-corrected chi connectivity index (χ2v) is 7.99. The Kier molecular flexibility index (Phi) is 4.89. The predicted molar refractivity (Wildman–Crippen MR) is 80.0 cm³/mol. The molecule has 1 saturated heterocycles. The molecule has 1 atom stereocenters. The molecule has 0 aliphatic carbocycles. The summed E-state index contributed by atoms with van der Waals surface area (Å²) in [5.41, 5.74) is 0. The molecule has 0 spiro atoms. The van der Waals surface area contributed by atoms with Crippen molar-refractivity contribution in [2.75, 3.05) is 20.1 Å². The van der Waals surface area contributed by atoms with Crippen LogP contribution in [0.25, 0.3) is 0 Å². The fraction of sp³-hybridized carbons (Fsp3) is 0.500. The van der Waals surface area contributed by atoms with Gasteiger partial charge in [0.25, 0.3) is 0 Å². The highest BCUT2D eigenvalue weighted by Gasteiger charge is 2.27. The number of nitrogens with one attached hydrogen (secondary N) is 1. The van der Waals surface area contributed by atoms with Gasteiger partial charge in [0.15, 0.2) is 0 Å². The predicted octanol–water partition coefficient (Wildman–Crippen LogP) is 2.48. The van der Waals surface area contributed by atoms with Crippen LogP contribution in [-0.2, 0) is 10.0 Å². The molecule has 0 bridgehead atoms. The number of likely N-dealkylation sites (N-methyl/N-ethyl adjacent to an activating group) is 1. The highest BCUT2D eigenvalue weighted by Crippen LogP contribution is 2.27. The monoisotopic (exact) mass is 366 g/mol. The average molecular weight is 368 g/mol. The van der Waals surface area contributed by atoms with Crippen molar-refractivity contribution in [3.63, 3.8) is 0 Å². The zero-order valence-corrected chi connectivity index (χ0v) is 13.7. The lowest BCUT2D eigenvalue weighted by Gasteiger charge is -2.21. The summed E-state index contributed by atoms with van der Waals surface area (Å²) in [6.45, 7) is 1.42. The fourth-order valence-electron chi connectivity index (χ4n) is 2.17. The first kappa shape index (κ1) is 15.3. The highest BCUT2D eigenvalue weighted by atomic mass is 79.9. The van der Waals surface area contributed by atoms with Gasteiger partial charge in [0.2, 0.25) is 10.0 Å². The van der Waals surface area contributed by atoms with E-state index < -0.39 is 10.0 Å². The Morgan fingerprint density at radius 1 is 1.53 bits per heavy atom. The molecule has 7 heteroatoms. The molecule has 1 fully saturated rings. The summed E-state index contributed by atoms with van der Waals surface area (Å²) in [6, 6.07) is 5.03. The standard InChI is InChI=1S/C12H16BrClN2O2S/c1-16(8-10-3-2-6-15-10)19(17,18)12-5-4-9(13)7-11(12)14/h4-5,7,10,15H,2-3,6,8H2,1H3. The summed E-state index contributed by atoms with van der Waals surface area (Å²) < 4.78 is 27.0. The molecule has 0 amide bonds. The summed E-state index contributed by atoms with van der Waals surface area (Å²) in [4.78, 5) is 0.151. The van der Waals surface area contributed by atoms with E-state index >= 15 is 0 Å². The Bertz CT molecular complexity index is 559. The third-order valence-corrected chi connectivity index (χ3v) is 6.02. The summed E-state index contributed by atoms with van der Waals surface area (Å²) in [5.74, 6) is 0. The first-order valence-corrected chi connectivity index (χ1v) is 8.67. The van der Waals surface area contributed by atoms with Crippen molar-refractivity contribution >= 4 is 37.6 Å². The molecule has 106 valence electrons. The number of hydrogen-bond donors (Lipinski definition) is 1. The van der Waals surface area contributed by atoms with E-state index in [2.05, 4.69) is 21.2 Å². The van der Waals surface area contributed by atoms with E-state index in [9.17, 15) is 8.42 Å². The van der Waals surface area contributed by atoms with E-state index in [4.69, 9.17) is 11.6 Å². The number of benzene rings is 1. The van der Waals surface area contributed by atoms with Gasteiger partial charge in [-0.2, -0.15) is 4.31 Å². The molecule has 1 aromatic rings. The maximum Gasteiger partial charge on any atom is 0.244 e. The van der Waals surface area contributed by atoms with Crippen molar-refractivity contribution in [2.24, 2.45) is 0 Å². The van der Waals surface area contributed by atoms with Gasteiger partial charge in [-0.3, -0.25) is 0 Å². The fourth-order valence-corrected chi connectivity index (χ4v) is 4.40. The highest BCUT2D eigenvalue weighted by molar-refractivity contribution is 9.10. The van der Waals surface area contributed by atoms with E-state index in [1.807, 2.05) is 0 Å². The van der Waals surface area contributed by atoms with Crippen molar-refractivity contribution < 1.29 is 8.42 Å². The third kappa shape index (κ3) is 3.49. The Labute approximate surface area is 127 Å². The smallest absolute Gasteiger partial charge is 0.244 e. The minimum Gasteiger partial charge on any atom is -0.313 e. The van der Waals surface area contributed by atoms with Gasteiger partial charge < -0.3 is 5.32 Å². The Hall–Kier alpha value is -0.140. The first-order valence-electron chi connectivity index (χ1n) is 6.06. The van der Waals surface area contributed by atoms with Crippen LogP contribution >= 0.6 is 27.5 Å². The Morgan fingerprint density at radius 2 is 2.26 bits per heavy atom. The van der Waals surface area contributed by atoms with Gasteiger partial charge in [-0.1, -0.05) is 27.5 Å². The summed E-state index contributed by atoms with van der Waals surface area (Å²) in [5, 5.41) is 3.52. The molecule has 0 aromatic heterocycles. The minimum atomic E-state index is -3.53. The van der Waals surface area contributed by atoms with E-state index in [0.29, 0.717) is 6.54 Å². The van der Waals surface area contributed by atoms with Crippen molar-refractivity contribution in [1.82, 2.24) is 9.62 Å². The van der Waals surface area contributed by atoms with Gasteiger partial charge >= 0.3 is 0 Å². The molecular formula is C12H16BrClN2O2S. The topological polar surface area (TPSA) is 49.4 Å². The van der Waals surface area contributed by atoms with Gasteiger partial charge in [-0.15, -0.1) is 0 Å². The molecule has 1 unspecified atom stereocenters. The number of nitrogens with zero attached hydrogens (tertiary/aromatic N) is 1. The summed E-state index contributed by atoms with van der Waals surface area (Å²) >= 11 is 9.29. The maximum atomic E-state index is 12.5. The SMILES string of the molecule is CN(CC1CCCN1)S(=O)(=O)c1ccc(Br)cc1Cl. The third-order valence-electron chi connectivity index (χ3n) is 3.22. The lowest BCUT2D eigenvalue weighted by molar-refractivity contribution is 0.417. The second-order valence-electron chi connectivity index (χ2n) is 4.65. The quantitative estimate of drug-likeness (QED) is 0.889. The number of halogens is 2. The van der Waals surface area contributed by atoms with E-state index in [1.54, 1.807) is 19.2 Å². The molecule has 4 nitrogen and oxygen atoms in total. The number of hydrogen-bond acceptors (Lipinski definition) is 3. The molecule has 19 heavy (non-hydrogen) atoms. The van der Waals surface area contributed by atoms with Crippen LogP contribution in [0.3, 0.4) is 0 Å². The molecular weight excluding hydrogens is 352 g/mol. The minimum absolute atomic E-state index is 0.151. The van der Waals surface area contributed by atoms with Crippen LogP contribution in [0.5, 0.6) is 0 Å². The maximum absolute atomic E-state index is 12.5. The van der Waals surface area contributed by atoms with Crippen molar-refractivity contribution in [1.29, 1.82) is 0 Å². The van der Waals surface area contributed by atoms with Crippen LogP contribution in [0.2, 0.25) is 5.02 Å². The van der Waals surface area contributed by atoms with E-state index in [-0.39, 0.29) is 16.0 Å².